The van der Waals surface area contributed by atoms with Gasteiger partial charge < -0.3 is 13.8 Å². The van der Waals surface area contributed by atoms with Crippen LogP contribution in [0.25, 0.3) is 0 Å². The van der Waals surface area contributed by atoms with Crippen LogP contribution in [0.15, 0.2) is 54.6 Å². The molecule has 2 rings (SSSR count). The van der Waals surface area contributed by atoms with E-state index in [2.05, 4.69) is 5.32 Å². The molecule has 0 saturated carbocycles. The van der Waals surface area contributed by atoms with Crippen LogP contribution in [0.4, 0.5) is 0 Å². The summed E-state index contributed by atoms with van der Waals surface area (Å²) in [5.74, 6) is 0.151. The van der Waals surface area contributed by atoms with Crippen molar-refractivity contribution in [1.29, 1.82) is 0 Å². The zero-order valence-electron chi connectivity index (χ0n) is 16.7. The van der Waals surface area contributed by atoms with Crippen molar-refractivity contribution in [3.05, 3.63) is 65.7 Å². The first-order chi connectivity index (χ1) is 12.8. The Kier molecular flexibility index (Phi) is 8.06. The van der Waals surface area contributed by atoms with E-state index >= 15 is 0 Å². The summed E-state index contributed by atoms with van der Waals surface area (Å²) >= 11 is 0. The monoisotopic (exact) mass is 391 g/mol. The Morgan fingerprint density at radius 1 is 0.889 bits per heavy atom. The summed E-state index contributed by atoms with van der Waals surface area (Å²) in [7, 11) is -1.86. The molecule has 0 saturated heterocycles. The first kappa shape index (κ1) is 21.6. The minimum atomic E-state index is -3.48. The number of hydrogen-bond donors (Lipinski definition) is 1. The van der Waals surface area contributed by atoms with Crippen LogP contribution < -0.4 is 10.1 Å². The van der Waals surface area contributed by atoms with Gasteiger partial charge >= 0.3 is 7.60 Å². The fourth-order valence-electron chi connectivity index (χ4n) is 2.74. The molecule has 27 heavy (non-hydrogen) atoms. The molecule has 1 atom stereocenters. The quantitative estimate of drug-likeness (QED) is 0.540. The fraction of sp³-hybridized carbons (Fsp3) is 0.429. The van der Waals surface area contributed by atoms with Gasteiger partial charge in [-0.15, -0.1) is 0 Å². The molecule has 0 bridgehead atoms. The first-order valence-electron chi connectivity index (χ1n) is 9.22. The van der Waals surface area contributed by atoms with Crippen LogP contribution in [0.2, 0.25) is 0 Å². The van der Waals surface area contributed by atoms with Crippen LogP contribution in [-0.4, -0.2) is 19.3 Å². The van der Waals surface area contributed by atoms with Crippen LogP contribution in [0, 0.1) is 0 Å². The highest BCUT2D eigenvalue weighted by Gasteiger charge is 2.39. The lowest BCUT2D eigenvalue weighted by Gasteiger charge is -2.31. The van der Waals surface area contributed by atoms with E-state index in [0.717, 1.165) is 16.9 Å². The van der Waals surface area contributed by atoms with Gasteiger partial charge in [-0.25, -0.2) is 0 Å². The Balaban J connectivity index is 2.36. The smallest absolute Gasteiger partial charge is 0.352 e. The number of benzene rings is 2. The minimum Gasteiger partial charge on any atom is -0.497 e. The summed E-state index contributed by atoms with van der Waals surface area (Å²) in [5.41, 5.74) is 1.92. The Labute approximate surface area is 162 Å². The predicted octanol–water partition coefficient (Wildman–Crippen LogP) is 5.53. The second-order valence-corrected chi connectivity index (χ2v) is 8.91. The van der Waals surface area contributed by atoms with Crippen LogP contribution in [0.5, 0.6) is 5.75 Å². The largest absolute Gasteiger partial charge is 0.497 e. The lowest BCUT2D eigenvalue weighted by atomic mass is 10.2. The molecular formula is C21H30NO4P. The third-order valence-corrected chi connectivity index (χ3v) is 6.35. The van der Waals surface area contributed by atoms with Crippen LogP contribution >= 0.6 is 7.60 Å². The molecule has 0 aliphatic rings. The van der Waals surface area contributed by atoms with Crippen molar-refractivity contribution in [2.24, 2.45) is 0 Å². The number of hydrogen-bond acceptors (Lipinski definition) is 5. The van der Waals surface area contributed by atoms with E-state index in [-0.39, 0.29) is 12.2 Å². The normalized spacial score (nSPS) is 13.1. The van der Waals surface area contributed by atoms with Gasteiger partial charge in [0.25, 0.3) is 0 Å². The zero-order valence-corrected chi connectivity index (χ0v) is 17.6. The molecule has 0 aromatic heterocycles. The third-order valence-electron chi connectivity index (χ3n) is 3.81. The Bertz CT molecular complexity index is 718. The molecule has 0 radical (unpaired) electrons. The Hall–Kier alpha value is -1.65. The highest BCUT2D eigenvalue weighted by atomic mass is 31.2. The molecule has 0 fully saturated rings. The van der Waals surface area contributed by atoms with Gasteiger partial charge in [-0.1, -0.05) is 42.5 Å². The molecule has 0 heterocycles. The number of nitrogens with one attached hydrogen (secondary N) is 1. The van der Waals surface area contributed by atoms with Crippen molar-refractivity contribution in [2.75, 3.05) is 7.11 Å². The van der Waals surface area contributed by atoms with E-state index in [0.29, 0.717) is 6.54 Å². The molecule has 1 unspecified atom stereocenters. The topological polar surface area (TPSA) is 56.8 Å². The summed E-state index contributed by atoms with van der Waals surface area (Å²) < 4.78 is 30.7. The van der Waals surface area contributed by atoms with Gasteiger partial charge in [-0.05, 0) is 51.0 Å². The van der Waals surface area contributed by atoms with Crippen molar-refractivity contribution >= 4 is 7.60 Å². The molecule has 1 N–H and O–H groups in total. The predicted molar refractivity (Wildman–Crippen MR) is 109 cm³/mol. The number of rotatable bonds is 10. The molecular weight excluding hydrogens is 361 g/mol. The summed E-state index contributed by atoms with van der Waals surface area (Å²) in [6.07, 6.45) is -0.456. The standard InChI is InChI=1S/C21H30NO4P/c1-16(2)25-27(23,26-17(3)4)21(19-11-13-20(24-5)14-12-19)22-15-18-9-7-6-8-10-18/h6-14,16-17,21-22H,15H2,1-5H3. The summed E-state index contributed by atoms with van der Waals surface area (Å²) in [6, 6.07) is 17.5. The highest BCUT2D eigenvalue weighted by Crippen LogP contribution is 2.61. The average molecular weight is 391 g/mol. The number of methoxy groups -OCH3 is 1. The second kappa shape index (κ2) is 10.0. The van der Waals surface area contributed by atoms with E-state index in [4.69, 9.17) is 13.8 Å². The van der Waals surface area contributed by atoms with Crippen LogP contribution in [0.1, 0.15) is 44.6 Å². The van der Waals surface area contributed by atoms with Crippen molar-refractivity contribution in [3.8, 4) is 5.75 Å². The van der Waals surface area contributed by atoms with Gasteiger partial charge in [0.1, 0.15) is 11.5 Å². The zero-order chi connectivity index (χ0) is 19.9. The Morgan fingerprint density at radius 2 is 1.44 bits per heavy atom. The lowest BCUT2D eigenvalue weighted by Crippen LogP contribution is -2.25. The van der Waals surface area contributed by atoms with Crippen LogP contribution in [0.3, 0.4) is 0 Å². The molecule has 2 aromatic carbocycles. The van der Waals surface area contributed by atoms with E-state index in [1.54, 1.807) is 7.11 Å². The van der Waals surface area contributed by atoms with E-state index < -0.39 is 13.4 Å². The SMILES string of the molecule is COc1ccc(C(NCc2ccccc2)P(=O)(OC(C)C)OC(C)C)cc1. The van der Waals surface area contributed by atoms with Crippen molar-refractivity contribution < 1.29 is 18.3 Å². The van der Waals surface area contributed by atoms with Gasteiger partial charge in [0.2, 0.25) is 0 Å². The van der Waals surface area contributed by atoms with Gasteiger partial charge in [-0.2, -0.15) is 0 Å². The number of ether oxygens (including phenoxy) is 1. The third kappa shape index (κ3) is 6.47. The van der Waals surface area contributed by atoms with Crippen molar-refractivity contribution in [1.82, 2.24) is 5.32 Å². The molecule has 2 aromatic rings. The molecule has 0 aliphatic carbocycles. The highest BCUT2D eigenvalue weighted by molar-refractivity contribution is 7.54. The molecule has 6 heteroatoms. The maximum absolute atomic E-state index is 13.8. The minimum absolute atomic E-state index is 0.228. The molecule has 5 nitrogen and oxygen atoms in total. The maximum Gasteiger partial charge on any atom is 0.352 e. The van der Waals surface area contributed by atoms with E-state index in [1.165, 1.54) is 0 Å². The van der Waals surface area contributed by atoms with Gasteiger partial charge in [0, 0.05) is 6.54 Å². The second-order valence-electron chi connectivity index (χ2n) is 6.89. The average Bonchev–Trinajstić information content (AvgIpc) is 2.61. The van der Waals surface area contributed by atoms with Crippen molar-refractivity contribution in [2.45, 2.75) is 52.2 Å². The lowest BCUT2D eigenvalue weighted by molar-refractivity contribution is 0.133. The van der Waals surface area contributed by atoms with Gasteiger partial charge in [0.15, 0.2) is 0 Å². The van der Waals surface area contributed by atoms with Crippen molar-refractivity contribution in [3.63, 3.8) is 0 Å². The molecule has 0 spiro atoms. The molecule has 0 aliphatic heterocycles. The summed E-state index contributed by atoms with van der Waals surface area (Å²) in [6.45, 7) is 7.99. The van der Waals surface area contributed by atoms with Gasteiger partial charge in [0.05, 0.1) is 19.3 Å². The summed E-state index contributed by atoms with van der Waals surface area (Å²) in [4.78, 5) is 0. The fourth-order valence-corrected chi connectivity index (χ4v) is 5.06. The maximum atomic E-state index is 13.8. The van der Waals surface area contributed by atoms with Crippen LogP contribution in [-0.2, 0) is 20.2 Å². The van der Waals surface area contributed by atoms with Gasteiger partial charge in [-0.3, -0.25) is 9.88 Å². The van der Waals surface area contributed by atoms with E-state index in [9.17, 15) is 4.57 Å². The Morgan fingerprint density at radius 3 is 1.93 bits per heavy atom. The van der Waals surface area contributed by atoms with E-state index in [1.807, 2.05) is 82.3 Å². The molecule has 0 amide bonds. The molecule has 148 valence electrons. The summed E-state index contributed by atoms with van der Waals surface area (Å²) in [5, 5.41) is 3.39. The first-order valence-corrected chi connectivity index (χ1v) is 10.8.